The Morgan fingerprint density at radius 1 is 0.667 bits per heavy atom. The lowest BCUT2D eigenvalue weighted by Gasteiger charge is -2.14. The van der Waals surface area contributed by atoms with E-state index in [9.17, 15) is 0 Å². The Bertz CT molecular complexity index is 502. The number of methoxy groups -OCH3 is 2. The second-order valence-electron chi connectivity index (χ2n) is 4.80. The van der Waals surface area contributed by atoms with Gasteiger partial charge in [-0.1, -0.05) is 36.4 Å². The average Bonchev–Trinajstić information content (AvgIpc) is 2.53. The van der Waals surface area contributed by atoms with Gasteiger partial charge in [0.05, 0.1) is 13.2 Å². The summed E-state index contributed by atoms with van der Waals surface area (Å²) in [5.41, 5.74) is 2.31. The Kier molecular flexibility index (Phi) is 6.25. The van der Waals surface area contributed by atoms with E-state index >= 15 is 0 Å². The van der Waals surface area contributed by atoms with E-state index < -0.39 is 0 Å². The molecule has 0 aliphatic heterocycles. The smallest absolute Gasteiger partial charge is 0.130 e. The number of rotatable bonds is 8. The van der Waals surface area contributed by atoms with Crippen molar-refractivity contribution >= 4 is 0 Å². The molecule has 21 heavy (non-hydrogen) atoms. The molecule has 2 aromatic carbocycles. The predicted octanol–water partition coefficient (Wildman–Crippen LogP) is 3.86. The van der Waals surface area contributed by atoms with Gasteiger partial charge in [0.15, 0.2) is 0 Å². The van der Waals surface area contributed by atoms with E-state index in [1.54, 1.807) is 14.2 Å². The fourth-order valence-corrected chi connectivity index (χ4v) is 2.16. The van der Waals surface area contributed by atoms with E-state index in [1.165, 1.54) is 0 Å². The van der Waals surface area contributed by atoms with Crippen molar-refractivity contribution in [3.05, 3.63) is 59.7 Å². The first-order valence-corrected chi connectivity index (χ1v) is 7.16. The molecule has 2 rings (SSSR count). The third kappa shape index (κ3) is 4.59. The van der Waals surface area contributed by atoms with Crippen LogP contribution in [0.3, 0.4) is 0 Å². The van der Waals surface area contributed by atoms with Gasteiger partial charge in [-0.15, -0.1) is 0 Å². The fraction of sp³-hybridized carbons (Fsp3) is 0.333. The molecule has 0 bridgehead atoms. The van der Waals surface area contributed by atoms with Gasteiger partial charge in [-0.05, 0) is 36.1 Å². The molecule has 0 radical (unpaired) electrons. The predicted molar refractivity (Wildman–Crippen MR) is 84.1 cm³/mol. The van der Waals surface area contributed by atoms with Crippen molar-refractivity contribution in [3.8, 4) is 11.5 Å². The van der Waals surface area contributed by atoms with E-state index in [-0.39, 0.29) is 0 Å². The molecule has 0 fully saturated rings. The normalized spacial score (nSPS) is 10.6. The zero-order valence-corrected chi connectivity index (χ0v) is 12.7. The Morgan fingerprint density at radius 2 is 1.10 bits per heavy atom. The maximum Gasteiger partial charge on any atom is 0.130 e. The summed E-state index contributed by atoms with van der Waals surface area (Å²) in [5, 5.41) is 0. The highest BCUT2D eigenvalue weighted by atomic mass is 16.5. The van der Waals surface area contributed by atoms with Crippen molar-refractivity contribution in [2.45, 2.75) is 12.8 Å². The third-order valence-electron chi connectivity index (χ3n) is 3.32. The SMILES string of the molecule is COCCc1ccccc1Oc1ccccc1CCOC. The van der Waals surface area contributed by atoms with Crippen molar-refractivity contribution in [1.82, 2.24) is 0 Å². The molecular formula is C18H22O3. The van der Waals surface area contributed by atoms with Crippen LogP contribution >= 0.6 is 0 Å². The monoisotopic (exact) mass is 286 g/mol. The summed E-state index contributed by atoms with van der Waals surface area (Å²) < 4.78 is 16.4. The van der Waals surface area contributed by atoms with Gasteiger partial charge in [0, 0.05) is 14.2 Å². The lowest BCUT2D eigenvalue weighted by molar-refractivity contribution is 0.201. The summed E-state index contributed by atoms with van der Waals surface area (Å²) in [7, 11) is 3.42. The van der Waals surface area contributed by atoms with Crippen molar-refractivity contribution in [1.29, 1.82) is 0 Å². The molecule has 2 aromatic rings. The first-order chi connectivity index (χ1) is 10.3. The zero-order chi connectivity index (χ0) is 14.9. The van der Waals surface area contributed by atoms with Gasteiger partial charge in [0.2, 0.25) is 0 Å². The van der Waals surface area contributed by atoms with Crippen LogP contribution in [-0.2, 0) is 22.3 Å². The summed E-state index contributed by atoms with van der Waals surface area (Å²) in [4.78, 5) is 0. The molecule has 0 unspecified atom stereocenters. The molecule has 3 nitrogen and oxygen atoms in total. The molecule has 0 aromatic heterocycles. The van der Waals surface area contributed by atoms with Crippen LogP contribution in [-0.4, -0.2) is 27.4 Å². The summed E-state index contributed by atoms with van der Waals surface area (Å²) in [6.07, 6.45) is 1.68. The molecule has 0 spiro atoms. The van der Waals surface area contributed by atoms with E-state index in [0.29, 0.717) is 13.2 Å². The lowest BCUT2D eigenvalue weighted by Crippen LogP contribution is -2.00. The van der Waals surface area contributed by atoms with Gasteiger partial charge in [0.25, 0.3) is 0 Å². The molecule has 0 N–H and O–H groups in total. The molecule has 0 aliphatic rings. The first kappa shape index (κ1) is 15.5. The Morgan fingerprint density at radius 3 is 1.52 bits per heavy atom. The van der Waals surface area contributed by atoms with Gasteiger partial charge in [-0.25, -0.2) is 0 Å². The summed E-state index contributed by atoms with van der Waals surface area (Å²) in [6.45, 7) is 1.37. The van der Waals surface area contributed by atoms with Crippen molar-refractivity contribution in [2.75, 3.05) is 27.4 Å². The molecule has 0 atom stereocenters. The summed E-state index contributed by atoms with van der Waals surface area (Å²) in [6, 6.07) is 16.2. The van der Waals surface area contributed by atoms with Crippen molar-refractivity contribution in [3.63, 3.8) is 0 Å². The second kappa shape index (κ2) is 8.45. The second-order valence-corrected chi connectivity index (χ2v) is 4.80. The molecule has 3 heteroatoms. The van der Waals surface area contributed by atoms with Gasteiger partial charge < -0.3 is 14.2 Å². The van der Waals surface area contributed by atoms with E-state index in [4.69, 9.17) is 14.2 Å². The van der Waals surface area contributed by atoms with Crippen LogP contribution in [0.4, 0.5) is 0 Å². The van der Waals surface area contributed by atoms with Crippen LogP contribution in [0.2, 0.25) is 0 Å². The maximum atomic E-state index is 6.12. The molecule has 112 valence electrons. The van der Waals surface area contributed by atoms with Gasteiger partial charge in [0.1, 0.15) is 11.5 Å². The van der Waals surface area contributed by atoms with Crippen LogP contribution < -0.4 is 4.74 Å². The topological polar surface area (TPSA) is 27.7 Å². The third-order valence-corrected chi connectivity index (χ3v) is 3.32. The van der Waals surface area contributed by atoms with Crippen LogP contribution in [0.1, 0.15) is 11.1 Å². The standard InChI is InChI=1S/C18H22O3/c1-19-13-11-15-7-3-5-9-17(15)21-18-10-6-4-8-16(18)12-14-20-2/h3-10H,11-14H2,1-2H3. The summed E-state index contributed by atoms with van der Waals surface area (Å²) >= 11 is 0. The highest BCUT2D eigenvalue weighted by molar-refractivity contribution is 5.41. The highest BCUT2D eigenvalue weighted by Crippen LogP contribution is 2.28. The van der Waals surface area contributed by atoms with E-state index in [0.717, 1.165) is 35.5 Å². The molecule has 0 heterocycles. The zero-order valence-electron chi connectivity index (χ0n) is 12.7. The average molecular weight is 286 g/mol. The maximum absolute atomic E-state index is 6.12. The Hall–Kier alpha value is -1.84. The lowest BCUT2D eigenvalue weighted by atomic mass is 10.1. The summed E-state index contributed by atoms with van der Waals surface area (Å²) in [5.74, 6) is 1.78. The molecule has 0 saturated carbocycles. The Balaban J connectivity index is 2.18. The quantitative estimate of drug-likeness (QED) is 0.737. The fourth-order valence-electron chi connectivity index (χ4n) is 2.16. The van der Waals surface area contributed by atoms with E-state index in [2.05, 4.69) is 12.1 Å². The molecule has 0 amide bonds. The number of para-hydroxylation sites is 2. The number of hydrogen-bond donors (Lipinski definition) is 0. The number of hydrogen-bond acceptors (Lipinski definition) is 3. The first-order valence-electron chi connectivity index (χ1n) is 7.16. The minimum atomic E-state index is 0.686. The minimum Gasteiger partial charge on any atom is -0.457 e. The molecule has 0 aliphatic carbocycles. The van der Waals surface area contributed by atoms with Crippen molar-refractivity contribution < 1.29 is 14.2 Å². The van der Waals surface area contributed by atoms with Crippen LogP contribution in [0.25, 0.3) is 0 Å². The van der Waals surface area contributed by atoms with Gasteiger partial charge in [-0.3, -0.25) is 0 Å². The van der Waals surface area contributed by atoms with E-state index in [1.807, 2.05) is 36.4 Å². The van der Waals surface area contributed by atoms with Crippen molar-refractivity contribution in [2.24, 2.45) is 0 Å². The number of ether oxygens (including phenoxy) is 3. The highest BCUT2D eigenvalue weighted by Gasteiger charge is 2.08. The van der Waals surface area contributed by atoms with Gasteiger partial charge >= 0.3 is 0 Å². The Labute approximate surface area is 126 Å². The van der Waals surface area contributed by atoms with Crippen LogP contribution in [0, 0.1) is 0 Å². The number of benzene rings is 2. The van der Waals surface area contributed by atoms with Crippen LogP contribution in [0.5, 0.6) is 11.5 Å². The van der Waals surface area contributed by atoms with Gasteiger partial charge in [-0.2, -0.15) is 0 Å². The largest absolute Gasteiger partial charge is 0.457 e. The molecular weight excluding hydrogens is 264 g/mol. The van der Waals surface area contributed by atoms with Crippen LogP contribution in [0.15, 0.2) is 48.5 Å². The molecule has 0 saturated heterocycles. The minimum absolute atomic E-state index is 0.686.